The highest BCUT2D eigenvalue weighted by Gasteiger charge is 2.46. The number of aliphatic hydroxyl groups is 1. The van der Waals surface area contributed by atoms with Crippen molar-refractivity contribution in [1.82, 2.24) is 103 Å². The van der Waals surface area contributed by atoms with Gasteiger partial charge < -0.3 is 120 Å². The summed E-state index contributed by atoms with van der Waals surface area (Å²) in [5, 5.41) is 49.7. The van der Waals surface area contributed by atoms with Crippen LogP contribution in [-0.2, 0) is 107 Å². The summed E-state index contributed by atoms with van der Waals surface area (Å²) >= 11 is 0.794. The lowest BCUT2D eigenvalue weighted by Crippen LogP contribution is -2.61. The number of rotatable bonds is 27. The first kappa shape index (κ1) is 107. The third-order valence-electron chi connectivity index (χ3n) is 24.5. The highest BCUT2D eigenvalue weighted by molar-refractivity contribution is 8.00. The molecule has 1 unspecified atom stereocenters. The summed E-state index contributed by atoms with van der Waals surface area (Å²) in [6, 6.07) is 11.4. The van der Waals surface area contributed by atoms with Gasteiger partial charge in [0.2, 0.25) is 100 Å². The molecule has 3 aromatic heterocycles. The molecule has 0 radical (unpaired) electrons. The number of aromatic nitrogens is 4. The van der Waals surface area contributed by atoms with Crippen LogP contribution in [0.25, 0.3) is 21.8 Å². The first-order valence-electron chi connectivity index (χ1n) is 46.2. The molecule has 9 rings (SSSR count). The number of hydrogen-bond donors (Lipinski definition) is 19. The lowest BCUT2D eigenvalue weighted by Gasteiger charge is -2.36. The Balaban J connectivity index is 1.10. The summed E-state index contributed by atoms with van der Waals surface area (Å²) in [6.45, 7) is 5.82. The van der Waals surface area contributed by atoms with Crippen LogP contribution in [0.15, 0.2) is 134 Å². The summed E-state index contributed by atoms with van der Waals surface area (Å²) in [6.07, 6.45) is 5.59. The van der Waals surface area contributed by atoms with Gasteiger partial charge in [-0.25, -0.2) is 4.98 Å². The maximum atomic E-state index is 15.7. The van der Waals surface area contributed by atoms with E-state index < -0.39 is 228 Å². The molecule has 0 bridgehead atoms. The molecule has 17 amide bonds. The van der Waals surface area contributed by atoms with Crippen molar-refractivity contribution in [3.63, 3.8) is 0 Å². The number of carbonyl (C=O) groups excluding carboxylic acids is 17. The number of nitrogens with one attached hydrogen (secondary N) is 15. The fourth-order valence-corrected chi connectivity index (χ4v) is 17.6. The Morgan fingerprint density at radius 3 is 1.64 bits per heavy atom. The number of imidazole rings is 1. The summed E-state index contributed by atoms with van der Waals surface area (Å²) in [5.74, 6) is -17.9. The molecule has 0 saturated carbocycles. The Labute approximate surface area is 803 Å². The fourth-order valence-electron chi connectivity index (χ4n) is 16.8. The number of benzene rings is 4. The molecule has 2 aliphatic rings. The zero-order valence-electron chi connectivity index (χ0n) is 79.1. The van der Waals surface area contributed by atoms with E-state index in [-0.39, 0.29) is 83.2 Å². The Kier molecular flexibility index (Phi) is 40.6. The Morgan fingerprint density at radius 1 is 0.522 bits per heavy atom. The topological polar surface area (TPSA) is 621 Å². The van der Waals surface area contributed by atoms with Crippen LogP contribution in [0, 0.1) is 11.3 Å². The van der Waals surface area contributed by atoms with Crippen molar-refractivity contribution in [2.75, 3.05) is 72.5 Å². The minimum absolute atomic E-state index is 0.00229. The number of likely N-dealkylation sites (N-methyl/N-ethyl adjacent to an activating group) is 4. The number of H-pyrrole nitrogens is 3. The van der Waals surface area contributed by atoms with Crippen molar-refractivity contribution in [3.8, 4) is 0 Å². The number of aromatic amines is 3. The van der Waals surface area contributed by atoms with Gasteiger partial charge in [0.05, 0.1) is 38.2 Å². The summed E-state index contributed by atoms with van der Waals surface area (Å²) < 4.78 is 0. The molecule has 2 saturated heterocycles. The summed E-state index contributed by atoms with van der Waals surface area (Å²) in [7, 11) is 5.26. The molecule has 14 atom stereocenters. The molecular formula is C95H130N24O18S. The van der Waals surface area contributed by atoms with Crippen molar-refractivity contribution in [3.05, 3.63) is 162 Å². The zero-order valence-corrected chi connectivity index (χ0v) is 79.9. The smallest absolute Gasteiger partial charge is 0.246 e. The minimum atomic E-state index is -1.86. The number of hydrogen-bond acceptors (Lipinski definition) is 21. The molecule has 2 fully saturated rings. The van der Waals surface area contributed by atoms with Gasteiger partial charge in [0.15, 0.2) is 5.96 Å². The molecule has 7 aromatic rings. The van der Waals surface area contributed by atoms with Crippen LogP contribution >= 0.6 is 11.8 Å². The van der Waals surface area contributed by atoms with Crippen molar-refractivity contribution in [1.29, 1.82) is 5.41 Å². The molecule has 42 nitrogen and oxygen atoms in total. The molecular weight excluding hydrogens is 1800 g/mol. The number of aliphatic hydroxyl groups excluding tert-OH is 1. The number of nitrogens with zero attached hydrogens (tertiary/aromatic N) is 6. The van der Waals surface area contributed by atoms with Crippen LogP contribution in [0.2, 0.25) is 0 Å². The third kappa shape index (κ3) is 30.6. The van der Waals surface area contributed by atoms with Gasteiger partial charge in [-0.2, -0.15) is 0 Å². The van der Waals surface area contributed by atoms with E-state index in [1.54, 1.807) is 135 Å². The lowest BCUT2D eigenvalue weighted by atomic mass is 9.96. The summed E-state index contributed by atoms with van der Waals surface area (Å²) in [5.41, 5.74) is 20.8. The van der Waals surface area contributed by atoms with E-state index >= 15 is 47.9 Å². The van der Waals surface area contributed by atoms with E-state index in [1.165, 1.54) is 47.6 Å². The maximum Gasteiger partial charge on any atom is 0.246 e. The number of nitrogens with two attached hydrogens (primary N) is 3. The second-order valence-electron chi connectivity index (χ2n) is 35.3. The van der Waals surface area contributed by atoms with Crippen LogP contribution in [0.3, 0.4) is 0 Å². The van der Waals surface area contributed by atoms with Crippen LogP contribution in [0.4, 0.5) is 0 Å². The average molecular weight is 1930 g/mol. The van der Waals surface area contributed by atoms with Crippen molar-refractivity contribution >= 4 is 140 Å². The van der Waals surface area contributed by atoms with E-state index in [9.17, 15) is 38.7 Å². The predicted octanol–water partition coefficient (Wildman–Crippen LogP) is -0.744. The van der Waals surface area contributed by atoms with Crippen molar-refractivity contribution in [2.45, 2.75) is 215 Å². The number of guanidine groups is 1. The third-order valence-corrected chi connectivity index (χ3v) is 25.5. The number of primary amides is 2. The molecule has 2 aliphatic heterocycles. The van der Waals surface area contributed by atoms with Gasteiger partial charge in [0, 0.05) is 125 Å². The predicted molar refractivity (Wildman–Crippen MR) is 514 cm³/mol. The molecule has 4 aromatic carbocycles. The van der Waals surface area contributed by atoms with E-state index in [4.69, 9.17) is 22.6 Å². The fraction of sp³-hybridized carbons (Fsp3) is 0.484. The number of para-hydroxylation sites is 2. The van der Waals surface area contributed by atoms with Gasteiger partial charge in [0.25, 0.3) is 0 Å². The average Bonchev–Trinajstić information content (AvgIpc) is 1.48. The van der Waals surface area contributed by atoms with E-state index in [2.05, 4.69) is 78.4 Å². The molecule has 744 valence electrons. The Hall–Kier alpha value is -14.3. The number of carbonyl (C=O) groups is 17. The highest BCUT2D eigenvalue weighted by atomic mass is 32.2. The van der Waals surface area contributed by atoms with Crippen molar-refractivity contribution < 1.29 is 86.6 Å². The van der Waals surface area contributed by atoms with E-state index in [0.29, 0.717) is 75.4 Å². The van der Waals surface area contributed by atoms with Crippen LogP contribution in [0.1, 0.15) is 139 Å². The molecule has 43 heteroatoms. The number of thioether (sulfide) groups is 1. The van der Waals surface area contributed by atoms with Gasteiger partial charge in [-0.15, -0.1) is 11.8 Å². The molecule has 0 aliphatic carbocycles. The van der Waals surface area contributed by atoms with Crippen molar-refractivity contribution in [2.24, 2.45) is 23.1 Å². The number of fused-ring (bicyclic) bond motifs is 3. The monoisotopic (exact) mass is 1930 g/mol. The standard InChI is InChI=1S/C95H130N24O18S/c1-10-12-34-75-88(131)108-66(33-24-36-101-95(98)99)84(127)114-74(83(126)104-47-79(97)122)51-138-52-81(124)107-70(38-56-25-16-14-17-26-56)91(134)116(7)55(5)82(125)110-72(43-78(96)121)93(136)119-48-60(57-27-18-15-19-28-57)41-77(119)89(132)109-68(42-61-46-100-53-105-61)86(129)111-69(37-54(3)4)90(133)115(6)49-80(123)106-67(39-58-44-102-64-31-22-20-29-62(58)64)85(128)113-73(50-120)87(130)112-71(40-59-45-103-65-32-23-21-30-63(59)65)92(135)118(9)76(35-13-11-2)94(137)117(75)8/h14-23,25-32,44-46,53-55,60,66-77,102-103,120H,10-13,24,33-43,47-52H2,1-9H3,(H2,96,121)(H2,97,122)(H,100,105)(H,104,126)(H,106,123)(H,107,124)(H,108,131)(H,109,132)(H,110,125)(H,111,129)(H,112,130)(H,113,128)(H,114,127)(H4,98,99,101)/t55-,60+,66-,67-,68-,69-,70-,71-,72-,73-,74-,75-,76-,77?/m0/s1. The highest BCUT2D eigenvalue weighted by Crippen LogP contribution is 2.34. The zero-order chi connectivity index (χ0) is 101. The minimum Gasteiger partial charge on any atom is -0.394 e. The first-order chi connectivity index (χ1) is 65.9. The quantitative estimate of drug-likeness (QED) is 0.0171. The molecule has 0 spiro atoms. The second kappa shape index (κ2) is 52.2. The summed E-state index contributed by atoms with van der Waals surface area (Å²) in [4.78, 5) is 270. The normalized spacial score (nSPS) is 23.5. The molecule has 5 heterocycles. The Bertz CT molecular complexity index is 5430. The van der Waals surface area contributed by atoms with Crippen LogP contribution in [0.5, 0.6) is 0 Å². The van der Waals surface area contributed by atoms with E-state index in [1.807, 2.05) is 13.8 Å². The second-order valence-corrected chi connectivity index (χ2v) is 36.3. The van der Waals surface area contributed by atoms with Gasteiger partial charge >= 0.3 is 0 Å². The van der Waals surface area contributed by atoms with Gasteiger partial charge in [-0.05, 0) is 85.8 Å². The first-order valence-corrected chi connectivity index (χ1v) is 47.4. The van der Waals surface area contributed by atoms with Gasteiger partial charge in [-0.1, -0.05) is 150 Å². The van der Waals surface area contributed by atoms with Crippen LogP contribution in [-0.4, -0.2) is 307 Å². The maximum absolute atomic E-state index is 15.7. The Morgan fingerprint density at radius 2 is 1.05 bits per heavy atom. The molecule has 22 N–H and O–H groups in total. The number of amides is 17. The lowest BCUT2D eigenvalue weighted by molar-refractivity contribution is -0.149. The van der Waals surface area contributed by atoms with Gasteiger partial charge in [-0.3, -0.25) is 86.9 Å². The number of unbranched alkanes of at least 4 members (excludes halogenated alkanes) is 2. The largest absolute Gasteiger partial charge is 0.394 e. The van der Waals surface area contributed by atoms with Crippen LogP contribution < -0.4 is 75.7 Å². The SMILES string of the molecule is CCCC[C@H]1C(=O)N(C)[C@@H](CCCC)C(=O)N[C@@H](CCCNC(=N)N)C(=O)N[C@H](C(=O)NCC(N)=O)CSCC(=O)N[C@@H](Cc2ccccc2)C(=O)N(C)[C@@H](C)C(=O)N[C@@H](CC(N)=O)C(=O)N2C[C@H](c3ccccc3)CC2C(=O)N[C@@H](Cc2cnc[nH]2)C(=O)N[C@@H](CC(C)C)C(=O)N(C)CC(=O)N[C@@H](Cc2c[nH]c3ccccc23)C(=O)N[C@@H](CO)C(=O)N[C@@H](Cc2c[nH]c3ccccc23)C(=O)N1C. The van der Waals surface area contributed by atoms with E-state index in [0.717, 1.165) is 36.3 Å². The van der Waals surface area contributed by atoms with Gasteiger partial charge in [0.1, 0.15) is 78.5 Å². The molecule has 138 heavy (non-hydrogen) atoms.